The molecule has 1 fully saturated rings. The van der Waals surface area contributed by atoms with Crippen LogP contribution in [0.15, 0.2) is 48.5 Å². The van der Waals surface area contributed by atoms with Gasteiger partial charge in [-0.15, -0.1) is 0 Å². The van der Waals surface area contributed by atoms with Crippen molar-refractivity contribution < 1.29 is 14.3 Å². The summed E-state index contributed by atoms with van der Waals surface area (Å²) < 4.78 is 5.09. The van der Waals surface area contributed by atoms with Crippen LogP contribution in [-0.4, -0.2) is 18.9 Å². The van der Waals surface area contributed by atoms with Gasteiger partial charge in [0, 0.05) is 11.4 Å². The molecule has 136 valence electrons. The molecule has 2 N–H and O–H groups in total. The van der Waals surface area contributed by atoms with Crippen molar-refractivity contribution in [3.05, 3.63) is 54.1 Å². The number of nitrogens with one attached hydrogen (secondary N) is 2. The molecule has 0 saturated heterocycles. The van der Waals surface area contributed by atoms with Crippen molar-refractivity contribution in [3.8, 4) is 5.75 Å². The first-order chi connectivity index (χ1) is 12.5. The van der Waals surface area contributed by atoms with Crippen molar-refractivity contribution in [2.24, 2.45) is 11.8 Å². The highest BCUT2D eigenvalue weighted by atomic mass is 16.5. The molecule has 5 heteroatoms. The third-order valence-corrected chi connectivity index (χ3v) is 4.67. The first-order valence-electron chi connectivity index (χ1n) is 8.83. The van der Waals surface area contributed by atoms with Gasteiger partial charge >= 0.3 is 0 Å². The van der Waals surface area contributed by atoms with Crippen LogP contribution in [0.5, 0.6) is 5.75 Å². The molecule has 2 aromatic carbocycles. The number of anilines is 2. The molecular formula is C21H24N2O3. The summed E-state index contributed by atoms with van der Waals surface area (Å²) in [7, 11) is 1.59. The van der Waals surface area contributed by atoms with Crippen molar-refractivity contribution in [2.75, 3.05) is 17.7 Å². The largest absolute Gasteiger partial charge is 0.497 e. The number of hydrogen-bond acceptors (Lipinski definition) is 3. The predicted molar refractivity (Wildman–Crippen MR) is 102 cm³/mol. The lowest BCUT2D eigenvalue weighted by molar-refractivity contribution is -0.122. The van der Waals surface area contributed by atoms with Gasteiger partial charge in [-0.1, -0.05) is 26.0 Å². The van der Waals surface area contributed by atoms with Gasteiger partial charge < -0.3 is 15.4 Å². The Kier molecular flexibility index (Phi) is 5.26. The van der Waals surface area contributed by atoms with Crippen LogP contribution in [-0.2, 0) is 9.59 Å². The van der Waals surface area contributed by atoms with E-state index in [1.807, 2.05) is 24.3 Å². The van der Waals surface area contributed by atoms with Crippen LogP contribution in [0.25, 0.3) is 0 Å². The van der Waals surface area contributed by atoms with E-state index < -0.39 is 0 Å². The van der Waals surface area contributed by atoms with E-state index in [2.05, 4.69) is 24.5 Å². The Bertz CT molecular complexity index is 782. The number of amides is 2. The van der Waals surface area contributed by atoms with Crippen LogP contribution in [0.3, 0.4) is 0 Å². The highest BCUT2D eigenvalue weighted by Gasteiger charge is 2.48. The summed E-state index contributed by atoms with van der Waals surface area (Å²) in [6.45, 7) is 4.26. The summed E-state index contributed by atoms with van der Waals surface area (Å²) in [4.78, 5) is 24.6. The van der Waals surface area contributed by atoms with Crippen molar-refractivity contribution >= 4 is 23.2 Å². The zero-order valence-electron chi connectivity index (χ0n) is 15.3. The molecule has 3 rings (SSSR count). The minimum Gasteiger partial charge on any atom is -0.497 e. The van der Waals surface area contributed by atoms with Crippen molar-refractivity contribution in [3.63, 3.8) is 0 Å². The van der Waals surface area contributed by atoms with E-state index in [1.54, 1.807) is 31.4 Å². The van der Waals surface area contributed by atoms with Gasteiger partial charge in [0.1, 0.15) is 5.75 Å². The summed E-state index contributed by atoms with van der Waals surface area (Å²) in [5.74, 6) is 0.428. The molecule has 2 amide bonds. The molecule has 2 atom stereocenters. The lowest BCUT2D eigenvalue weighted by atomic mass is 10.0. The van der Waals surface area contributed by atoms with E-state index in [1.165, 1.54) is 5.56 Å². The highest BCUT2D eigenvalue weighted by molar-refractivity contribution is 6.03. The summed E-state index contributed by atoms with van der Waals surface area (Å²) in [6.07, 6.45) is 0.581. The molecule has 26 heavy (non-hydrogen) atoms. The Labute approximate surface area is 153 Å². The van der Waals surface area contributed by atoms with Crippen LogP contribution in [0, 0.1) is 11.8 Å². The fourth-order valence-corrected chi connectivity index (χ4v) is 2.87. The Hall–Kier alpha value is -2.82. The van der Waals surface area contributed by atoms with Gasteiger partial charge in [0.05, 0.1) is 18.9 Å². The van der Waals surface area contributed by atoms with Crippen LogP contribution in [0.4, 0.5) is 11.4 Å². The maximum atomic E-state index is 12.3. The smallest absolute Gasteiger partial charge is 0.228 e. The van der Waals surface area contributed by atoms with Gasteiger partial charge in [0.15, 0.2) is 0 Å². The number of carbonyl (C=O) groups is 2. The van der Waals surface area contributed by atoms with E-state index in [-0.39, 0.29) is 23.7 Å². The summed E-state index contributed by atoms with van der Waals surface area (Å²) in [5.41, 5.74) is 2.69. The molecule has 0 heterocycles. The van der Waals surface area contributed by atoms with Crippen LogP contribution in [0.2, 0.25) is 0 Å². The summed E-state index contributed by atoms with van der Waals surface area (Å²) in [5, 5.41) is 5.75. The van der Waals surface area contributed by atoms with E-state index in [9.17, 15) is 9.59 Å². The number of benzene rings is 2. The molecule has 0 bridgehead atoms. The molecule has 2 aromatic rings. The first-order valence-corrected chi connectivity index (χ1v) is 8.83. The SMILES string of the molecule is COc1ccc(NC(=O)C2CC2C(=O)Nc2ccc(C(C)C)cc2)cc1. The summed E-state index contributed by atoms with van der Waals surface area (Å²) >= 11 is 0. The Balaban J connectivity index is 1.52. The molecule has 0 spiro atoms. The molecule has 5 nitrogen and oxygen atoms in total. The predicted octanol–water partition coefficient (Wildman–Crippen LogP) is 4.03. The highest BCUT2D eigenvalue weighted by Crippen LogP contribution is 2.40. The summed E-state index contributed by atoms with van der Waals surface area (Å²) in [6, 6.07) is 15.0. The van der Waals surface area contributed by atoms with Gasteiger partial charge in [-0.2, -0.15) is 0 Å². The fraction of sp³-hybridized carbons (Fsp3) is 0.333. The quantitative estimate of drug-likeness (QED) is 0.825. The normalized spacial score (nSPS) is 18.3. The molecule has 1 aliphatic rings. The second-order valence-electron chi connectivity index (χ2n) is 6.93. The Morgan fingerprint density at radius 2 is 1.35 bits per heavy atom. The van der Waals surface area contributed by atoms with Gasteiger partial charge in [-0.3, -0.25) is 9.59 Å². The molecule has 0 aromatic heterocycles. The molecule has 0 radical (unpaired) electrons. The van der Waals surface area contributed by atoms with Crippen LogP contribution < -0.4 is 15.4 Å². The number of rotatable bonds is 6. The molecule has 1 saturated carbocycles. The maximum absolute atomic E-state index is 12.3. The van der Waals surface area contributed by atoms with Gasteiger partial charge in [0.2, 0.25) is 11.8 Å². The van der Waals surface area contributed by atoms with Crippen molar-refractivity contribution in [1.29, 1.82) is 0 Å². The van der Waals surface area contributed by atoms with E-state index in [4.69, 9.17) is 4.74 Å². The fourth-order valence-electron chi connectivity index (χ4n) is 2.87. The van der Waals surface area contributed by atoms with E-state index in [0.29, 0.717) is 18.0 Å². The zero-order chi connectivity index (χ0) is 18.7. The maximum Gasteiger partial charge on any atom is 0.228 e. The average Bonchev–Trinajstić information content (AvgIpc) is 3.44. The number of carbonyl (C=O) groups excluding carboxylic acids is 2. The van der Waals surface area contributed by atoms with E-state index in [0.717, 1.165) is 11.4 Å². The molecule has 0 aliphatic heterocycles. The lowest BCUT2D eigenvalue weighted by Gasteiger charge is -2.09. The second-order valence-corrected chi connectivity index (χ2v) is 6.93. The number of ether oxygens (including phenoxy) is 1. The Morgan fingerprint density at radius 3 is 1.77 bits per heavy atom. The zero-order valence-corrected chi connectivity index (χ0v) is 15.3. The molecular weight excluding hydrogens is 328 g/mol. The Morgan fingerprint density at radius 1 is 0.885 bits per heavy atom. The van der Waals surface area contributed by atoms with Gasteiger partial charge in [0.25, 0.3) is 0 Å². The number of hydrogen-bond donors (Lipinski definition) is 2. The number of methoxy groups -OCH3 is 1. The first kappa shape index (κ1) is 18.0. The third-order valence-electron chi connectivity index (χ3n) is 4.67. The monoisotopic (exact) mass is 352 g/mol. The van der Waals surface area contributed by atoms with Gasteiger partial charge in [-0.25, -0.2) is 0 Å². The second kappa shape index (κ2) is 7.60. The molecule has 1 aliphatic carbocycles. The van der Waals surface area contributed by atoms with Gasteiger partial charge in [-0.05, 0) is 54.3 Å². The van der Waals surface area contributed by atoms with Crippen LogP contribution >= 0.6 is 0 Å². The average molecular weight is 352 g/mol. The van der Waals surface area contributed by atoms with Crippen molar-refractivity contribution in [1.82, 2.24) is 0 Å². The third kappa shape index (κ3) is 4.23. The van der Waals surface area contributed by atoms with E-state index >= 15 is 0 Å². The topological polar surface area (TPSA) is 67.4 Å². The molecule has 2 unspecified atom stereocenters. The minimum atomic E-state index is -0.271. The minimum absolute atomic E-state index is 0.0998. The standard InChI is InChI=1S/C21H24N2O3/c1-13(2)14-4-6-15(7-5-14)22-20(24)18-12-19(18)21(25)23-16-8-10-17(26-3)11-9-16/h4-11,13,18-19H,12H2,1-3H3,(H,22,24)(H,23,25). The van der Waals surface area contributed by atoms with Crippen LogP contribution in [0.1, 0.15) is 31.7 Å². The van der Waals surface area contributed by atoms with Crippen molar-refractivity contribution in [2.45, 2.75) is 26.2 Å². The lowest BCUT2D eigenvalue weighted by Crippen LogP contribution is -2.20.